The van der Waals surface area contributed by atoms with E-state index in [1.807, 2.05) is 0 Å². The molecule has 0 nitrogen and oxygen atoms in total. The van der Waals surface area contributed by atoms with Gasteiger partial charge in [0, 0.05) is 0 Å². The minimum absolute atomic E-state index is 0.400. The van der Waals surface area contributed by atoms with Crippen molar-refractivity contribution in [1.82, 2.24) is 0 Å². The predicted molar refractivity (Wildman–Crippen MR) is 94.2 cm³/mol. The molecule has 122 valence electrons. The molecule has 20 heavy (non-hydrogen) atoms. The van der Waals surface area contributed by atoms with Gasteiger partial charge in [-0.1, -0.05) is 107 Å². The van der Waals surface area contributed by atoms with Crippen LogP contribution in [0.15, 0.2) is 0 Å². The first kappa shape index (κ1) is 20.0. The lowest BCUT2D eigenvalue weighted by Crippen LogP contribution is -2.46. The van der Waals surface area contributed by atoms with Crippen LogP contribution >= 0.6 is 0 Å². The average Bonchev–Trinajstić information content (AvgIpc) is 2.36. The van der Waals surface area contributed by atoms with Crippen molar-refractivity contribution in [2.45, 2.75) is 107 Å². The quantitative estimate of drug-likeness (QED) is 0.390. The Morgan fingerprint density at radius 2 is 0.800 bits per heavy atom. The summed E-state index contributed by atoms with van der Waals surface area (Å²) in [6.45, 7) is 19.5. The van der Waals surface area contributed by atoms with E-state index in [-0.39, 0.29) is 0 Å². The molecule has 0 fully saturated rings. The Balaban J connectivity index is 5.52. The SMILES string of the molecule is CCCC(CCC)C(C)(C(CCC)CCC)C(C)(C)C. The molecule has 0 radical (unpaired) electrons. The molecule has 0 saturated heterocycles. The monoisotopic (exact) mass is 282 g/mol. The van der Waals surface area contributed by atoms with Gasteiger partial charge in [-0.15, -0.1) is 0 Å². The van der Waals surface area contributed by atoms with Gasteiger partial charge in [-0.25, -0.2) is 0 Å². The first-order valence-electron chi connectivity index (χ1n) is 9.29. The Labute approximate surface area is 130 Å². The van der Waals surface area contributed by atoms with Crippen molar-refractivity contribution >= 4 is 0 Å². The summed E-state index contributed by atoms with van der Waals surface area (Å²) in [6, 6.07) is 0. The van der Waals surface area contributed by atoms with Crippen molar-refractivity contribution in [3.05, 3.63) is 0 Å². The molecule has 0 rings (SSSR count). The van der Waals surface area contributed by atoms with E-state index in [1.54, 1.807) is 0 Å². The van der Waals surface area contributed by atoms with Gasteiger partial charge in [0.1, 0.15) is 0 Å². The standard InChI is InChI=1S/C20H42/c1-9-13-17(14-10-2)20(8,19(5,6)7)18(15-11-3)16-12-4/h17-18H,9-16H2,1-8H3. The van der Waals surface area contributed by atoms with Crippen LogP contribution in [0.25, 0.3) is 0 Å². The van der Waals surface area contributed by atoms with Crippen molar-refractivity contribution in [2.24, 2.45) is 22.7 Å². The summed E-state index contributed by atoms with van der Waals surface area (Å²) in [5, 5.41) is 0. The molecule has 0 aromatic carbocycles. The van der Waals surface area contributed by atoms with Crippen LogP contribution in [0.4, 0.5) is 0 Å². The normalized spacial score (nSPS) is 13.5. The Bertz CT molecular complexity index is 205. The van der Waals surface area contributed by atoms with Gasteiger partial charge in [0.05, 0.1) is 0 Å². The van der Waals surface area contributed by atoms with E-state index in [9.17, 15) is 0 Å². The minimum atomic E-state index is 0.400. The lowest BCUT2D eigenvalue weighted by molar-refractivity contribution is -0.0436. The second kappa shape index (κ2) is 9.11. The van der Waals surface area contributed by atoms with Gasteiger partial charge in [-0.2, -0.15) is 0 Å². The molecule has 0 aromatic rings. The molecule has 0 bridgehead atoms. The summed E-state index contributed by atoms with van der Waals surface area (Å²) in [5.74, 6) is 1.78. The van der Waals surface area contributed by atoms with E-state index in [4.69, 9.17) is 0 Å². The van der Waals surface area contributed by atoms with E-state index < -0.39 is 0 Å². The average molecular weight is 283 g/mol. The maximum atomic E-state index is 2.62. The highest BCUT2D eigenvalue weighted by Crippen LogP contribution is 2.55. The van der Waals surface area contributed by atoms with Crippen LogP contribution in [0.1, 0.15) is 107 Å². The van der Waals surface area contributed by atoms with Gasteiger partial charge >= 0.3 is 0 Å². The highest BCUT2D eigenvalue weighted by atomic mass is 14.5. The van der Waals surface area contributed by atoms with E-state index in [2.05, 4.69) is 55.4 Å². The molecule has 0 heterocycles. The summed E-state index contributed by atoms with van der Waals surface area (Å²) >= 11 is 0. The summed E-state index contributed by atoms with van der Waals surface area (Å²) in [4.78, 5) is 0. The van der Waals surface area contributed by atoms with Crippen LogP contribution < -0.4 is 0 Å². The zero-order valence-electron chi connectivity index (χ0n) is 15.8. The van der Waals surface area contributed by atoms with Crippen LogP contribution in [0.2, 0.25) is 0 Å². The Morgan fingerprint density at radius 1 is 0.550 bits per heavy atom. The van der Waals surface area contributed by atoms with Crippen molar-refractivity contribution in [3.63, 3.8) is 0 Å². The van der Waals surface area contributed by atoms with Gasteiger partial charge in [-0.3, -0.25) is 0 Å². The Morgan fingerprint density at radius 3 is 0.950 bits per heavy atom. The summed E-state index contributed by atoms with van der Waals surface area (Å²) in [6.07, 6.45) is 11.0. The molecular formula is C20H42. The lowest BCUT2D eigenvalue weighted by atomic mass is 9.51. The summed E-state index contributed by atoms with van der Waals surface area (Å²) < 4.78 is 0. The van der Waals surface area contributed by atoms with Gasteiger partial charge in [0.15, 0.2) is 0 Å². The lowest BCUT2D eigenvalue weighted by Gasteiger charge is -2.53. The largest absolute Gasteiger partial charge is 0.0654 e. The smallest absolute Gasteiger partial charge is 0.0221 e. The van der Waals surface area contributed by atoms with Gasteiger partial charge < -0.3 is 0 Å². The van der Waals surface area contributed by atoms with Gasteiger partial charge in [-0.05, 0) is 22.7 Å². The van der Waals surface area contributed by atoms with Crippen molar-refractivity contribution < 1.29 is 0 Å². The minimum Gasteiger partial charge on any atom is -0.0654 e. The van der Waals surface area contributed by atoms with Crippen molar-refractivity contribution in [2.75, 3.05) is 0 Å². The predicted octanol–water partition coefficient (Wildman–Crippen LogP) is 7.47. The third-order valence-electron chi connectivity index (χ3n) is 5.86. The number of hydrogen-bond acceptors (Lipinski definition) is 0. The molecule has 0 aliphatic rings. The van der Waals surface area contributed by atoms with Crippen LogP contribution in [-0.4, -0.2) is 0 Å². The zero-order valence-corrected chi connectivity index (χ0v) is 15.8. The molecule has 0 N–H and O–H groups in total. The fraction of sp³-hybridized carbons (Fsp3) is 1.00. The van der Waals surface area contributed by atoms with E-state index in [1.165, 1.54) is 51.4 Å². The molecule has 0 aliphatic carbocycles. The number of hydrogen-bond donors (Lipinski definition) is 0. The summed E-state index contributed by atoms with van der Waals surface area (Å²) in [5.41, 5.74) is 0.877. The van der Waals surface area contributed by atoms with Crippen molar-refractivity contribution in [3.8, 4) is 0 Å². The zero-order chi connectivity index (χ0) is 15.8. The molecular weight excluding hydrogens is 240 g/mol. The molecule has 0 atom stereocenters. The molecule has 0 aromatic heterocycles. The van der Waals surface area contributed by atoms with E-state index in [0.717, 1.165) is 11.8 Å². The Kier molecular flexibility index (Phi) is 9.11. The summed E-state index contributed by atoms with van der Waals surface area (Å²) in [7, 11) is 0. The van der Waals surface area contributed by atoms with Crippen LogP contribution in [-0.2, 0) is 0 Å². The molecule has 0 aliphatic heterocycles. The molecule has 0 unspecified atom stereocenters. The van der Waals surface area contributed by atoms with Crippen molar-refractivity contribution in [1.29, 1.82) is 0 Å². The molecule has 0 heteroatoms. The highest BCUT2D eigenvalue weighted by Gasteiger charge is 2.47. The molecule has 0 saturated carbocycles. The van der Waals surface area contributed by atoms with E-state index >= 15 is 0 Å². The fourth-order valence-electron chi connectivity index (χ4n) is 4.44. The Hall–Kier alpha value is 0. The topological polar surface area (TPSA) is 0 Å². The van der Waals surface area contributed by atoms with Gasteiger partial charge in [0.2, 0.25) is 0 Å². The second-order valence-electron chi connectivity index (χ2n) is 8.08. The highest BCUT2D eigenvalue weighted by molar-refractivity contribution is 4.96. The fourth-order valence-corrected chi connectivity index (χ4v) is 4.44. The first-order chi connectivity index (χ1) is 9.29. The van der Waals surface area contributed by atoms with Crippen LogP contribution in [0.3, 0.4) is 0 Å². The van der Waals surface area contributed by atoms with Gasteiger partial charge in [0.25, 0.3) is 0 Å². The third-order valence-corrected chi connectivity index (χ3v) is 5.86. The van der Waals surface area contributed by atoms with Crippen LogP contribution in [0, 0.1) is 22.7 Å². The molecule has 0 amide bonds. The van der Waals surface area contributed by atoms with Crippen LogP contribution in [0.5, 0.6) is 0 Å². The third kappa shape index (κ3) is 4.78. The first-order valence-corrected chi connectivity index (χ1v) is 9.29. The second-order valence-corrected chi connectivity index (χ2v) is 8.08. The number of rotatable bonds is 10. The molecule has 0 spiro atoms. The maximum Gasteiger partial charge on any atom is -0.0221 e. The van der Waals surface area contributed by atoms with E-state index in [0.29, 0.717) is 10.8 Å². The maximum absolute atomic E-state index is 2.62.